The molecule has 0 unspecified atom stereocenters. The van der Waals surface area contributed by atoms with E-state index in [1.54, 1.807) is 14.2 Å². The van der Waals surface area contributed by atoms with Crippen molar-refractivity contribution in [2.45, 2.75) is 13.0 Å². The Bertz CT molecular complexity index is 893. The van der Waals surface area contributed by atoms with Crippen molar-refractivity contribution < 1.29 is 4.74 Å². The van der Waals surface area contributed by atoms with Gasteiger partial charge in [0, 0.05) is 31.7 Å². The number of fused-ring (bicyclic) bond motifs is 1. The highest BCUT2D eigenvalue weighted by molar-refractivity contribution is 14.0. The molecule has 0 amide bonds. The molecule has 0 aliphatic heterocycles. The van der Waals surface area contributed by atoms with Crippen molar-refractivity contribution in [1.29, 1.82) is 0 Å². The second-order valence-corrected chi connectivity index (χ2v) is 5.90. The summed E-state index contributed by atoms with van der Waals surface area (Å²) in [5, 5.41) is 7.89. The van der Waals surface area contributed by atoms with Crippen LogP contribution in [0.15, 0.2) is 65.8 Å². The van der Waals surface area contributed by atoms with E-state index < -0.39 is 0 Å². The third-order valence-electron chi connectivity index (χ3n) is 4.29. The first-order valence-corrected chi connectivity index (χ1v) is 8.71. The van der Waals surface area contributed by atoms with Crippen molar-refractivity contribution in [2.75, 3.05) is 20.7 Å². The summed E-state index contributed by atoms with van der Waals surface area (Å²) in [6, 6.07) is 18.3. The maximum atomic E-state index is 5.40. The fourth-order valence-electron chi connectivity index (χ4n) is 2.93. The molecular weight excluding hydrogens is 451 g/mol. The molecule has 3 rings (SSSR count). The predicted octanol–water partition coefficient (Wildman–Crippen LogP) is 3.77. The zero-order valence-electron chi connectivity index (χ0n) is 15.6. The summed E-state index contributed by atoms with van der Waals surface area (Å²) in [6.45, 7) is 1.47. The van der Waals surface area contributed by atoms with Crippen LogP contribution in [-0.2, 0) is 13.0 Å². The highest BCUT2D eigenvalue weighted by Crippen LogP contribution is 2.17. The topological polar surface area (TPSA) is 58.5 Å². The molecule has 2 N–H and O–H groups in total. The van der Waals surface area contributed by atoms with E-state index in [0.29, 0.717) is 6.54 Å². The molecule has 0 saturated heterocycles. The first-order chi connectivity index (χ1) is 12.8. The van der Waals surface area contributed by atoms with Crippen LogP contribution < -0.4 is 15.4 Å². The number of halogens is 1. The Labute approximate surface area is 177 Å². The van der Waals surface area contributed by atoms with Gasteiger partial charge in [-0.15, -0.1) is 24.0 Å². The Balaban J connectivity index is 0.00000261. The summed E-state index contributed by atoms with van der Waals surface area (Å²) in [6.07, 6.45) is 2.71. The van der Waals surface area contributed by atoms with E-state index in [1.807, 2.05) is 48.7 Å². The summed E-state index contributed by atoms with van der Waals surface area (Å²) >= 11 is 0. The Kier molecular flexibility index (Phi) is 8.32. The number of hydrogen-bond donors (Lipinski definition) is 2. The maximum absolute atomic E-state index is 5.40. The van der Waals surface area contributed by atoms with Crippen molar-refractivity contribution in [2.24, 2.45) is 4.99 Å². The molecule has 5 nitrogen and oxygen atoms in total. The standard InChI is InChI=1S/C21H24N4O.HI/c1-22-21(24-14-11-16-7-3-6-10-20(16)26-2)25-15-17-12-13-23-19-9-5-4-8-18(17)19;/h3-10,12-13H,11,14-15H2,1-2H3,(H2,22,24,25);1H. The summed E-state index contributed by atoms with van der Waals surface area (Å²) < 4.78 is 5.40. The van der Waals surface area contributed by atoms with Gasteiger partial charge in [-0.3, -0.25) is 9.98 Å². The molecule has 0 spiro atoms. The number of hydrogen-bond acceptors (Lipinski definition) is 3. The molecule has 27 heavy (non-hydrogen) atoms. The van der Waals surface area contributed by atoms with E-state index in [4.69, 9.17) is 4.74 Å². The lowest BCUT2D eigenvalue weighted by Gasteiger charge is -2.14. The third kappa shape index (κ3) is 5.56. The highest BCUT2D eigenvalue weighted by Gasteiger charge is 2.04. The van der Waals surface area contributed by atoms with Crippen LogP contribution in [0.2, 0.25) is 0 Å². The number of ether oxygens (including phenoxy) is 1. The minimum Gasteiger partial charge on any atom is -0.496 e. The van der Waals surface area contributed by atoms with Gasteiger partial charge < -0.3 is 15.4 Å². The number of aliphatic imine (C=N–C) groups is 1. The molecule has 0 radical (unpaired) electrons. The quantitative estimate of drug-likeness (QED) is 0.323. The van der Waals surface area contributed by atoms with Gasteiger partial charge in [-0.1, -0.05) is 36.4 Å². The number of rotatable bonds is 6. The Morgan fingerprint density at radius 1 is 1.00 bits per heavy atom. The van der Waals surface area contributed by atoms with E-state index in [2.05, 4.69) is 32.7 Å². The average Bonchev–Trinajstić information content (AvgIpc) is 2.70. The van der Waals surface area contributed by atoms with Gasteiger partial charge in [-0.05, 0) is 35.7 Å². The first-order valence-electron chi connectivity index (χ1n) is 8.71. The Morgan fingerprint density at radius 3 is 2.59 bits per heavy atom. The molecule has 0 fully saturated rings. The molecule has 0 atom stereocenters. The summed E-state index contributed by atoms with van der Waals surface area (Å²) in [4.78, 5) is 8.71. The van der Waals surface area contributed by atoms with Crippen molar-refractivity contribution >= 4 is 40.8 Å². The maximum Gasteiger partial charge on any atom is 0.191 e. The third-order valence-corrected chi connectivity index (χ3v) is 4.29. The van der Waals surface area contributed by atoms with Crippen LogP contribution in [0.3, 0.4) is 0 Å². The summed E-state index contributed by atoms with van der Waals surface area (Å²) in [7, 11) is 3.48. The number of guanidine groups is 1. The molecule has 1 aromatic heterocycles. The van der Waals surface area contributed by atoms with Crippen LogP contribution in [0.5, 0.6) is 5.75 Å². The summed E-state index contributed by atoms with van der Waals surface area (Å²) in [5.74, 6) is 1.70. The predicted molar refractivity (Wildman–Crippen MR) is 122 cm³/mol. The molecule has 3 aromatic rings. The second kappa shape index (κ2) is 10.7. The van der Waals surface area contributed by atoms with E-state index in [9.17, 15) is 0 Å². The molecule has 0 bridgehead atoms. The molecule has 0 aliphatic carbocycles. The Hall–Kier alpha value is -2.35. The lowest BCUT2D eigenvalue weighted by molar-refractivity contribution is 0.409. The van der Waals surface area contributed by atoms with Crippen LogP contribution in [0, 0.1) is 0 Å². The smallest absolute Gasteiger partial charge is 0.191 e. The Morgan fingerprint density at radius 2 is 1.78 bits per heavy atom. The normalized spacial score (nSPS) is 11.0. The van der Waals surface area contributed by atoms with Gasteiger partial charge in [0.25, 0.3) is 0 Å². The lowest BCUT2D eigenvalue weighted by Crippen LogP contribution is -2.37. The van der Waals surface area contributed by atoms with Gasteiger partial charge in [0.15, 0.2) is 5.96 Å². The van der Waals surface area contributed by atoms with Crippen molar-refractivity contribution in [3.63, 3.8) is 0 Å². The van der Waals surface area contributed by atoms with Crippen LogP contribution in [0.25, 0.3) is 10.9 Å². The lowest BCUT2D eigenvalue weighted by atomic mass is 10.1. The van der Waals surface area contributed by atoms with Crippen molar-refractivity contribution in [3.8, 4) is 5.75 Å². The fraction of sp³-hybridized carbons (Fsp3) is 0.238. The fourth-order valence-corrected chi connectivity index (χ4v) is 2.93. The minimum atomic E-state index is 0. The van der Waals surface area contributed by atoms with E-state index in [-0.39, 0.29) is 24.0 Å². The minimum absolute atomic E-state index is 0. The van der Waals surface area contributed by atoms with Crippen molar-refractivity contribution in [1.82, 2.24) is 15.6 Å². The molecular formula is C21H25IN4O. The summed E-state index contributed by atoms with van der Waals surface area (Å²) in [5.41, 5.74) is 3.38. The average molecular weight is 476 g/mol. The van der Waals surface area contributed by atoms with Gasteiger partial charge in [0.1, 0.15) is 5.75 Å². The number of methoxy groups -OCH3 is 1. The molecule has 6 heteroatoms. The van der Waals surface area contributed by atoms with E-state index in [1.165, 1.54) is 11.1 Å². The monoisotopic (exact) mass is 476 g/mol. The van der Waals surface area contributed by atoms with E-state index >= 15 is 0 Å². The van der Waals surface area contributed by atoms with Gasteiger partial charge in [-0.25, -0.2) is 0 Å². The van der Waals surface area contributed by atoms with Gasteiger partial charge >= 0.3 is 0 Å². The van der Waals surface area contributed by atoms with E-state index in [0.717, 1.165) is 35.6 Å². The SMILES string of the molecule is CN=C(NCCc1ccccc1OC)NCc1ccnc2ccccc12.I. The molecule has 142 valence electrons. The molecule has 1 heterocycles. The van der Waals surface area contributed by atoms with Crippen LogP contribution >= 0.6 is 24.0 Å². The van der Waals surface area contributed by atoms with Gasteiger partial charge in [-0.2, -0.15) is 0 Å². The van der Waals surface area contributed by atoms with Crippen molar-refractivity contribution in [3.05, 3.63) is 71.9 Å². The zero-order chi connectivity index (χ0) is 18.2. The van der Waals surface area contributed by atoms with Crippen LogP contribution in [-0.4, -0.2) is 31.6 Å². The molecule has 0 saturated carbocycles. The first kappa shape index (κ1) is 21.0. The van der Waals surface area contributed by atoms with Crippen LogP contribution in [0.1, 0.15) is 11.1 Å². The number of nitrogens with zero attached hydrogens (tertiary/aromatic N) is 2. The number of pyridine rings is 1. The highest BCUT2D eigenvalue weighted by atomic mass is 127. The van der Waals surface area contributed by atoms with Gasteiger partial charge in [0.05, 0.1) is 12.6 Å². The molecule has 0 aliphatic rings. The van der Waals surface area contributed by atoms with Gasteiger partial charge in [0.2, 0.25) is 0 Å². The van der Waals surface area contributed by atoms with Crippen LogP contribution in [0.4, 0.5) is 0 Å². The number of nitrogens with one attached hydrogen (secondary N) is 2. The zero-order valence-corrected chi connectivity index (χ0v) is 17.9. The second-order valence-electron chi connectivity index (χ2n) is 5.90. The largest absolute Gasteiger partial charge is 0.496 e. The number of benzene rings is 2. The number of para-hydroxylation sites is 2. The number of aromatic nitrogens is 1. The molecule has 2 aromatic carbocycles.